The lowest BCUT2D eigenvalue weighted by molar-refractivity contribution is -0.132. The lowest BCUT2D eigenvalue weighted by atomic mass is 9.94. The van der Waals surface area contributed by atoms with Crippen molar-refractivity contribution in [3.8, 4) is 11.5 Å². The third kappa shape index (κ3) is 5.18. The second-order valence-corrected chi connectivity index (χ2v) is 11.8. The number of anilines is 1. The number of rotatable bonds is 8. The van der Waals surface area contributed by atoms with Gasteiger partial charge in [0.25, 0.3) is 5.78 Å². The van der Waals surface area contributed by atoms with Crippen LogP contribution in [0.2, 0.25) is 5.02 Å². The maximum Gasteiger partial charge on any atom is 0.301 e. The molecule has 1 N–H and O–H groups in total. The summed E-state index contributed by atoms with van der Waals surface area (Å²) in [4.78, 5) is 33.3. The molecule has 9 heteroatoms. The SMILES string of the molecule is CCCCCOc1ccc([C@H]2C(=C(O)c3ccc4c(c3)C[C@@H](C)O4)C(=O)C(=O)N2c2nc3ccc(Cl)cc3s2)cc1. The van der Waals surface area contributed by atoms with Gasteiger partial charge in [0.15, 0.2) is 5.13 Å². The topological polar surface area (TPSA) is 89.0 Å². The molecule has 2 atom stereocenters. The summed E-state index contributed by atoms with van der Waals surface area (Å²) in [6.45, 7) is 4.73. The fourth-order valence-electron chi connectivity index (χ4n) is 5.35. The minimum atomic E-state index is -0.886. The molecular formula is C32H29ClN2O5S. The molecule has 7 nitrogen and oxygen atoms in total. The van der Waals surface area contributed by atoms with Crippen LogP contribution in [0.15, 0.2) is 66.2 Å². The van der Waals surface area contributed by atoms with Crippen LogP contribution in [-0.4, -0.2) is 34.5 Å². The number of ketones is 1. The van der Waals surface area contributed by atoms with Gasteiger partial charge in [0, 0.05) is 17.0 Å². The Morgan fingerprint density at radius 1 is 1.12 bits per heavy atom. The van der Waals surface area contributed by atoms with E-state index in [-0.39, 0.29) is 17.4 Å². The van der Waals surface area contributed by atoms with Crippen molar-refractivity contribution >= 4 is 55.7 Å². The van der Waals surface area contributed by atoms with Crippen LogP contribution in [0.5, 0.6) is 11.5 Å². The fraction of sp³-hybridized carbons (Fsp3) is 0.281. The van der Waals surface area contributed by atoms with Gasteiger partial charge >= 0.3 is 5.91 Å². The fourth-order valence-corrected chi connectivity index (χ4v) is 6.62. The molecule has 0 saturated carbocycles. The van der Waals surface area contributed by atoms with Gasteiger partial charge in [-0.2, -0.15) is 0 Å². The Labute approximate surface area is 247 Å². The normalized spacial score (nSPS) is 19.5. The number of amides is 1. The maximum absolute atomic E-state index is 13.6. The lowest BCUT2D eigenvalue weighted by Gasteiger charge is -2.23. The van der Waals surface area contributed by atoms with Crippen molar-refractivity contribution in [3.05, 3.63) is 87.9 Å². The highest BCUT2D eigenvalue weighted by Gasteiger charge is 2.48. The number of aliphatic hydroxyl groups is 1. The molecule has 0 spiro atoms. The van der Waals surface area contributed by atoms with Gasteiger partial charge in [-0.3, -0.25) is 14.5 Å². The smallest absolute Gasteiger partial charge is 0.301 e. The molecule has 0 aliphatic carbocycles. The number of nitrogens with zero attached hydrogens (tertiary/aromatic N) is 2. The van der Waals surface area contributed by atoms with Crippen molar-refractivity contribution < 1.29 is 24.2 Å². The van der Waals surface area contributed by atoms with Crippen molar-refractivity contribution in [2.24, 2.45) is 0 Å². The van der Waals surface area contributed by atoms with Crippen LogP contribution in [0, 0.1) is 0 Å². The number of hydrogen-bond acceptors (Lipinski definition) is 7. The molecule has 2 aliphatic heterocycles. The molecule has 1 amide bonds. The molecule has 0 bridgehead atoms. The zero-order valence-electron chi connectivity index (χ0n) is 22.7. The quantitative estimate of drug-likeness (QED) is 0.0994. The van der Waals surface area contributed by atoms with E-state index >= 15 is 0 Å². The Morgan fingerprint density at radius 2 is 1.93 bits per heavy atom. The molecule has 4 aromatic rings. The number of Topliss-reactive ketones (excluding diaryl/α,β-unsaturated/α-hetero) is 1. The van der Waals surface area contributed by atoms with E-state index in [2.05, 4.69) is 11.9 Å². The number of fused-ring (bicyclic) bond motifs is 2. The second kappa shape index (κ2) is 11.2. The summed E-state index contributed by atoms with van der Waals surface area (Å²) < 4.78 is 12.5. The summed E-state index contributed by atoms with van der Waals surface area (Å²) in [5, 5.41) is 12.5. The molecule has 1 aromatic heterocycles. The first-order valence-electron chi connectivity index (χ1n) is 13.7. The molecule has 1 fully saturated rings. The molecule has 0 radical (unpaired) electrons. The van der Waals surface area contributed by atoms with Crippen LogP contribution < -0.4 is 14.4 Å². The molecule has 41 heavy (non-hydrogen) atoms. The molecular weight excluding hydrogens is 560 g/mol. The van der Waals surface area contributed by atoms with E-state index in [0.717, 1.165) is 35.3 Å². The minimum absolute atomic E-state index is 0.0100. The lowest BCUT2D eigenvalue weighted by Crippen LogP contribution is -2.29. The monoisotopic (exact) mass is 588 g/mol. The van der Waals surface area contributed by atoms with Crippen LogP contribution in [0.25, 0.3) is 16.0 Å². The summed E-state index contributed by atoms with van der Waals surface area (Å²) >= 11 is 7.47. The number of aromatic nitrogens is 1. The van der Waals surface area contributed by atoms with E-state index in [9.17, 15) is 14.7 Å². The Balaban J connectivity index is 1.44. The van der Waals surface area contributed by atoms with Gasteiger partial charge in [-0.1, -0.05) is 54.8 Å². The summed E-state index contributed by atoms with van der Waals surface area (Å²) in [5.74, 6) is -0.297. The molecule has 0 unspecified atom stereocenters. The van der Waals surface area contributed by atoms with E-state index < -0.39 is 17.7 Å². The number of benzene rings is 3. The first kappa shape index (κ1) is 27.3. The maximum atomic E-state index is 13.6. The highest BCUT2D eigenvalue weighted by Crippen LogP contribution is 2.45. The first-order valence-corrected chi connectivity index (χ1v) is 14.9. The minimum Gasteiger partial charge on any atom is -0.507 e. The first-order chi connectivity index (χ1) is 19.8. The van der Waals surface area contributed by atoms with Crippen molar-refractivity contribution in [2.75, 3.05) is 11.5 Å². The highest BCUT2D eigenvalue weighted by molar-refractivity contribution is 7.22. The molecule has 2 aliphatic rings. The number of thiazole rings is 1. The summed E-state index contributed by atoms with van der Waals surface area (Å²) in [5.41, 5.74) is 2.73. The highest BCUT2D eigenvalue weighted by atomic mass is 35.5. The average molecular weight is 589 g/mol. The van der Waals surface area contributed by atoms with Crippen molar-refractivity contribution in [1.82, 2.24) is 4.98 Å². The number of aliphatic hydroxyl groups excluding tert-OH is 1. The zero-order valence-corrected chi connectivity index (χ0v) is 24.3. The van der Waals surface area contributed by atoms with E-state index in [4.69, 9.17) is 21.1 Å². The van der Waals surface area contributed by atoms with Crippen LogP contribution in [0.4, 0.5) is 5.13 Å². The Hall–Kier alpha value is -3.88. The van der Waals surface area contributed by atoms with E-state index in [1.54, 1.807) is 30.3 Å². The van der Waals surface area contributed by atoms with Crippen LogP contribution in [0.3, 0.4) is 0 Å². The van der Waals surface area contributed by atoms with Gasteiger partial charge in [-0.25, -0.2) is 4.98 Å². The van der Waals surface area contributed by atoms with Gasteiger partial charge in [0.2, 0.25) is 0 Å². The summed E-state index contributed by atoms with van der Waals surface area (Å²) in [7, 11) is 0. The van der Waals surface area contributed by atoms with Crippen LogP contribution in [0.1, 0.15) is 55.8 Å². The Morgan fingerprint density at radius 3 is 2.71 bits per heavy atom. The number of carbonyl (C=O) groups excluding carboxylic acids is 2. The van der Waals surface area contributed by atoms with Gasteiger partial charge < -0.3 is 14.6 Å². The number of carbonyl (C=O) groups is 2. The van der Waals surface area contributed by atoms with Gasteiger partial charge in [-0.15, -0.1) is 0 Å². The number of halogens is 1. The molecule has 210 valence electrons. The van der Waals surface area contributed by atoms with Crippen LogP contribution >= 0.6 is 22.9 Å². The van der Waals surface area contributed by atoms with E-state index in [1.165, 1.54) is 16.2 Å². The summed E-state index contributed by atoms with van der Waals surface area (Å²) in [6.07, 6.45) is 3.89. The van der Waals surface area contributed by atoms with Crippen LogP contribution in [-0.2, 0) is 16.0 Å². The summed E-state index contributed by atoms with van der Waals surface area (Å²) in [6, 6.07) is 17.0. The van der Waals surface area contributed by atoms with Crippen molar-refractivity contribution in [2.45, 2.75) is 51.7 Å². The van der Waals surface area contributed by atoms with Crippen molar-refractivity contribution in [1.29, 1.82) is 0 Å². The Kier molecular flexibility index (Phi) is 7.45. The average Bonchev–Trinajstić information content (AvgIpc) is 3.63. The molecule has 6 rings (SSSR count). The largest absolute Gasteiger partial charge is 0.507 e. The van der Waals surface area contributed by atoms with E-state index in [0.29, 0.717) is 45.6 Å². The number of ether oxygens (including phenoxy) is 2. The predicted molar refractivity (Wildman–Crippen MR) is 161 cm³/mol. The third-order valence-corrected chi connectivity index (χ3v) is 8.62. The standard InChI is InChI=1S/C32H29ClN2O5S/c1-3-4-5-14-39-23-10-6-19(7-11-23)28-27(29(36)20-8-13-25-21(16-20)15-18(2)40-25)30(37)31(38)35(28)32-34-24-12-9-22(33)17-26(24)41-32/h6-13,16-18,28,36H,3-5,14-15H2,1-2H3/t18-,28+/m1/s1. The van der Waals surface area contributed by atoms with E-state index in [1.807, 2.05) is 37.3 Å². The number of unbranched alkanes of at least 4 members (excludes halogenated alkanes) is 2. The zero-order chi connectivity index (χ0) is 28.7. The van der Waals surface area contributed by atoms with Gasteiger partial charge in [0.1, 0.15) is 23.4 Å². The molecule has 1 saturated heterocycles. The predicted octanol–water partition coefficient (Wildman–Crippen LogP) is 7.47. The third-order valence-electron chi connectivity index (χ3n) is 7.37. The van der Waals surface area contributed by atoms with Crippen molar-refractivity contribution in [3.63, 3.8) is 0 Å². The van der Waals surface area contributed by atoms with Gasteiger partial charge in [-0.05, 0) is 73.0 Å². The second-order valence-electron chi connectivity index (χ2n) is 10.4. The van der Waals surface area contributed by atoms with Gasteiger partial charge in [0.05, 0.1) is 28.4 Å². The Bertz CT molecular complexity index is 1680. The molecule has 3 heterocycles. The molecule has 3 aromatic carbocycles. The number of hydrogen-bond donors (Lipinski definition) is 1.